The molecule has 9 nitrogen and oxygen atoms in total. The van der Waals surface area contributed by atoms with E-state index in [1.165, 1.54) is 0 Å². The summed E-state index contributed by atoms with van der Waals surface area (Å²) in [6.45, 7) is 3.96. The van der Waals surface area contributed by atoms with Crippen molar-refractivity contribution < 1.29 is 0 Å². The lowest BCUT2D eigenvalue weighted by Crippen LogP contribution is -2.43. The summed E-state index contributed by atoms with van der Waals surface area (Å²) >= 11 is 0. The summed E-state index contributed by atoms with van der Waals surface area (Å²) in [4.78, 5) is 18.3. The molecule has 0 saturated carbocycles. The van der Waals surface area contributed by atoms with Gasteiger partial charge in [0.2, 0.25) is 0 Å². The summed E-state index contributed by atoms with van der Waals surface area (Å²) in [5, 5.41) is 11.3. The summed E-state index contributed by atoms with van der Waals surface area (Å²) < 4.78 is 2.01. The minimum atomic E-state index is 0.571. The van der Waals surface area contributed by atoms with E-state index >= 15 is 0 Å². The molecule has 0 unspecified atom stereocenters. The van der Waals surface area contributed by atoms with Gasteiger partial charge in [-0.3, -0.25) is 0 Å². The molecular formula is C15H21N9. The molecule has 1 aliphatic heterocycles. The molecule has 3 aromatic rings. The van der Waals surface area contributed by atoms with Crippen molar-refractivity contribution in [2.24, 2.45) is 0 Å². The highest BCUT2D eigenvalue weighted by Gasteiger charge is 2.21. The largest absolute Gasteiger partial charge is 0.355 e. The molecule has 1 fully saturated rings. The first-order chi connectivity index (χ1) is 11.9. The fraction of sp³-hybridized carbons (Fsp3) is 0.533. The smallest absolute Gasteiger partial charge is 0.182 e. The molecule has 4 rings (SSSR count). The van der Waals surface area contributed by atoms with Crippen LogP contribution in [0.15, 0.2) is 25.3 Å². The number of aryl methyl sites for hydroxylation is 1. The molecule has 0 bridgehead atoms. The summed E-state index contributed by atoms with van der Waals surface area (Å²) in [5.74, 6) is 0.962. The summed E-state index contributed by atoms with van der Waals surface area (Å²) in [6.07, 6.45) is 10.1. The normalized spacial score (nSPS) is 16.1. The Balaban J connectivity index is 1.25. The van der Waals surface area contributed by atoms with Crippen molar-refractivity contribution in [3.05, 3.63) is 25.3 Å². The van der Waals surface area contributed by atoms with Crippen LogP contribution in [0.1, 0.15) is 19.3 Å². The quantitative estimate of drug-likeness (QED) is 0.639. The Morgan fingerprint density at radius 3 is 2.79 bits per heavy atom. The van der Waals surface area contributed by atoms with E-state index in [0.29, 0.717) is 6.04 Å². The van der Waals surface area contributed by atoms with Crippen LogP contribution in [-0.4, -0.2) is 60.4 Å². The number of rotatable bonds is 6. The Hall–Kier alpha value is -2.55. The van der Waals surface area contributed by atoms with E-state index in [4.69, 9.17) is 0 Å². The third-order valence-corrected chi connectivity index (χ3v) is 4.49. The van der Waals surface area contributed by atoms with Gasteiger partial charge in [0, 0.05) is 25.7 Å². The minimum Gasteiger partial charge on any atom is -0.355 e. The number of imidazole rings is 1. The Labute approximate surface area is 139 Å². The number of fused-ring (bicyclic) bond motifs is 1. The van der Waals surface area contributed by atoms with Crippen LogP contribution in [0.25, 0.3) is 11.2 Å². The lowest BCUT2D eigenvalue weighted by molar-refractivity contribution is 0.406. The topological polar surface area (TPSA) is 100 Å². The van der Waals surface area contributed by atoms with Crippen LogP contribution >= 0.6 is 0 Å². The van der Waals surface area contributed by atoms with Crippen LogP contribution in [0.5, 0.6) is 0 Å². The predicted octanol–water partition coefficient (Wildman–Crippen LogP) is 0.593. The van der Waals surface area contributed by atoms with E-state index in [2.05, 4.69) is 40.3 Å². The zero-order valence-electron chi connectivity index (χ0n) is 13.5. The minimum absolute atomic E-state index is 0.571. The molecule has 126 valence electrons. The zero-order valence-corrected chi connectivity index (χ0v) is 13.5. The van der Waals surface area contributed by atoms with Crippen molar-refractivity contribution in [1.29, 1.82) is 0 Å². The molecule has 24 heavy (non-hydrogen) atoms. The molecule has 9 heteroatoms. The molecular weight excluding hydrogens is 306 g/mol. The van der Waals surface area contributed by atoms with E-state index in [1.54, 1.807) is 25.3 Å². The zero-order chi connectivity index (χ0) is 16.2. The number of nitrogens with zero attached hydrogens (tertiary/aromatic N) is 7. The van der Waals surface area contributed by atoms with Gasteiger partial charge in [-0.05, 0) is 25.8 Å². The number of anilines is 1. The van der Waals surface area contributed by atoms with Crippen molar-refractivity contribution in [2.45, 2.75) is 31.8 Å². The maximum Gasteiger partial charge on any atom is 0.182 e. The number of H-pyrrole nitrogens is 1. The van der Waals surface area contributed by atoms with E-state index in [0.717, 1.165) is 62.4 Å². The molecule has 4 heterocycles. The highest BCUT2D eigenvalue weighted by Crippen LogP contribution is 2.23. The number of aromatic nitrogens is 7. The lowest BCUT2D eigenvalue weighted by Gasteiger charge is -2.33. The maximum absolute atomic E-state index is 4.44. The first-order valence-electron chi connectivity index (χ1n) is 8.35. The highest BCUT2D eigenvalue weighted by atomic mass is 15.2. The van der Waals surface area contributed by atoms with Gasteiger partial charge in [0.05, 0.1) is 6.33 Å². The molecule has 0 radical (unpaired) electrons. The molecule has 0 aromatic carbocycles. The number of nitrogens with one attached hydrogen (secondary N) is 2. The van der Waals surface area contributed by atoms with Crippen molar-refractivity contribution >= 4 is 17.0 Å². The Morgan fingerprint density at radius 1 is 1.12 bits per heavy atom. The molecule has 1 aliphatic rings. The van der Waals surface area contributed by atoms with Crippen LogP contribution in [-0.2, 0) is 6.54 Å². The van der Waals surface area contributed by atoms with Crippen molar-refractivity contribution in [3.8, 4) is 0 Å². The van der Waals surface area contributed by atoms with Gasteiger partial charge >= 0.3 is 0 Å². The fourth-order valence-electron chi connectivity index (χ4n) is 3.19. The van der Waals surface area contributed by atoms with Gasteiger partial charge in [-0.1, -0.05) is 0 Å². The third-order valence-electron chi connectivity index (χ3n) is 4.49. The van der Waals surface area contributed by atoms with E-state index in [-0.39, 0.29) is 0 Å². The lowest BCUT2D eigenvalue weighted by atomic mass is 10.0. The summed E-state index contributed by atoms with van der Waals surface area (Å²) in [6, 6.07) is 0.571. The highest BCUT2D eigenvalue weighted by molar-refractivity contribution is 5.82. The van der Waals surface area contributed by atoms with Crippen molar-refractivity contribution in [1.82, 2.24) is 40.0 Å². The second kappa shape index (κ2) is 6.91. The van der Waals surface area contributed by atoms with Crippen molar-refractivity contribution in [2.75, 3.05) is 24.5 Å². The van der Waals surface area contributed by atoms with Gasteiger partial charge in [-0.25, -0.2) is 15.0 Å². The average molecular weight is 327 g/mol. The first kappa shape index (κ1) is 15.0. The average Bonchev–Trinajstić information content (AvgIpc) is 3.30. The second-order valence-electron chi connectivity index (χ2n) is 6.07. The van der Waals surface area contributed by atoms with Crippen LogP contribution in [0.4, 0.5) is 5.82 Å². The van der Waals surface area contributed by atoms with Gasteiger partial charge in [0.15, 0.2) is 11.5 Å². The molecule has 0 aliphatic carbocycles. The molecule has 0 atom stereocenters. The standard InChI is InChI=1S/C15H21N9/c1(5-23-10-21-22-11-23)4-16-12-2-6-24(7-3-12)15-13-14(18-8-17-13)19-9-20-15/h8-12,16H,1-7H2,(H,17,18,19,20). The Morgan fingerprint density at radius 2 is 1.96 bits per heavy atom. The van der Waals surface area contributed by atoms with Crippen LogP contribution in [0.2, 0.25) is 0 Å². The predicted molar refractivity (Wildman–Crippen MR) is 89.6 cm³/mol. The van der Waals surface area contributed by atoms with Crippen LogP contribution < -0.4 is 10.2 Å². The monoisotopic (exact) mass is 327 g/mol. The Bertz CT molecular complexity index is 758. The number of piperidine rings is 1. The maximum atomic E-state index is 4.44. The van der Waals surface area contributed by atoms with Gasteiger partial charge in [-0.15, -0.1) is 10.2 Å². The van der Waals surface area contributed by atoms with Gasteiger partial charge < -0.3 is 19.8 Å². The van der Waals surface area contributed by atoms with Crippen LogP contribution in [0.3, 0.4) is 0 Å². The second-order valence-corrected chi connectivity index (χ2v) is 6.07. The Kier molecular flexibility index (Phi) is 4.32. The third kappa shape index (κ3) is 3.21. The molecule has 1 saturated heterocycles. The van der Waals surface area contributed by atoms with Gasteiger partial charge in [0.1, 0.15) is 24.5 Å². The number of hydrogen-bond acceptors (Lipinski definition) is 7. The van der Waals surface area contributed by atoms with Gasteiger partial charge in [-0.2, -0.15) is 0 Å². The molecule has 0 spiro atoms. The van der Waals surface area contributed by atoms with E-state index in [1.807, 2.05) is 4.57 Å². The number of hydrogen-bond donors (Lipinski definition) is 2. The van der Waals surface area contributed by atoms with E-state index in [9.17, 15) is 0 Å². The van der Waals surface area contributed by atoms with E-state index < -0.39 is 0 Å². The van der Waals surface area contributed by atoms with Crippen molar-refractivity contribution in [3.63, 3.8) is 0 Å². The fourth-order valence-corrected chi connectivity index (χ4v) is 3.19. The summed E-state index contributed by atoms with van der Waals surface area (Å²) in [5.41, 5.74) is 1.66. The summed E-state index contributed by atoms with van der Waals surface area (Å²) in [7, 11) is 0. The van der Waals surface area contributed by atoms with Gasteiger partial charge in [0.25, 0.3) is 0 Å². The molecule has 3 aromatic heterocycles. The molecule has 0 amide bonds. The van der Waals surface area contributed by atoms with Crippen LogP contribution in [0, 0.1) is 0 Å². The molecule has 2 N–H and O–H groups in total. The SMILES string of the molecule is c1nc(N2CCC(NCCCn3cnnc3)CC2)c2[nH]cnc2n1. The number of aromatic amines is 1. The first-order valence-corrected chi connectivity index (χ1v) is 8.35.